The molecule has 0 aliphatic carbocycles. The number of hydrogen-bond donors (Lipinski definition) is 1. The van der Waals surface area contributed by atoms with Crippen molar-refractivity contribution in [3.8, 4) is 16.9 Å². The van der Waals surface area contributed by atoms with E-state index in [2.05, 4.69) is 4.98 Å². The van der Waals surface area contributed by atoms with E-state index in [0.29, 0.717) is 0 Å². The van der Waals surface area contributed by atoms with Crippen molar-refractivity contribution in [2.75, 3.05) is 12.3 Å². The molecule has 0 bridgehead atoms. The number of anilines is 1. The number of fused-ring (bicyclic) bond motifs is 1. The summed E-state index contributed by atoms with van der Waals surface area (Å²) >= 11 is 0. The number of benzene rings is 1. The van der Waals surface area contributed by atoms with E-state index in [9.17, 15) is 0 Å². The first-order valence-corrected chi connectivity index (χ1v) is 5.30. The van der Waals surface area contributed by atoms with Crippen LogP contribution in [0, 0.1) is 0 Å². The van der Waals surface area contributed by atoms with E-state index in [-0.39, 0.29) is 0 Å². The molecule has 0 spiro atoms. The molecule has 2 heterocycles. The number of nitrogens with two attached hydrogens (primary N) is 1. The Morgan fingerprint density at radius 3 is 3.06 bits per heavy atom. The maximum atomic E-state index is 5.89. The normalized spacial score (nSPS) is 13.2. The summed E-state index contributed by atoms with van der Waals surface area (Å²) in [6, 6.07) is 7.87. The molecule has 0 fully saturated rings. The molecule has 3 heteroatoms. The van der Waals surface area contributed by atoms with Gasteiger partial charge < -0.3 is 10.5 Å². The highest BCUT2D eigenvalue weighted by molar-refractivity contribution is 5.76. The van der Waals surface area contributed by atoms with Crippen LogP contribution in [0.4, 0.5) is 5.69 Å². The minimum atomic E-state index is 0.742. The lowest BCUT2D eigenvalue weighted by atomic mass is 10.0. The highest BCUT2D eigenvalue weighted by atomic mass is 16.5. The van der Waals surface area contributed by atoms with Crippen LogP contribution in [0.1, 0.15) is 5.56 Å². The molecular weight excluding hydrogens is 200 g/mol. The molecule has 0 unspecified atom stereocenters. The molecule has 1 aliphatic rings. The van der Waals surface area contributed by atoms with Crippen LogP contribution in [0.25, 0.3) is 11.1 Å². The molecule has 2 N–H and O–H groups in total. The Hall–Kier alpha value is -2.03. The summed E-state index contributed by atoms with van der Waals surface area (Å²) < 4.78 is 5.66. The third-order valence-electron chi connectivity index (χ3n) is 2.78. The standard InChI is InChI=1S/C13H12N2O/c14-11-6-9-3-5-16-13(9)12(7-11)10-2-1-4-15-8-10/h1-2,4,6-8H,3,5,14H2. The Morgan fingerprint density at radius 1 is 1.31 bits per heavy atom. The molecule has 0 amide bonds. The summed E-state index contributed by atoms with van der Waals surface area (Å²) in [6.07, 6.45) is 4.53. The third-order valence-corrected chi connectivity index (χ3v) is 2.78. The first-order chi connectivity index (χ1) is 7.84. The number of rotatable bonds is 1. The molecule has 1 aromatic heterocycles. The van der Waals surface area contributed by atoms with E-state index in [1.165, 1.54) is 5.56 Å². The average molecular weight is 212 g/mol. The van der Waals surface area contributed by atoms with Gasteiger partial charge in [-0.05, 0) is 18.2 Å². The minimum absolute atomic E-state index is 0.742. The fraction of sp³-hybridized carbons (Fsp3) is 0.154. The fourth-order valence-electron chi connectivity index (χ4n) is 2.07. The molecule has 0 radical (unpaired) electrons. The summed E-state index contributed by atoms with van der Waals surface area (Å²) in [5, 5.41) is 0. The molecule has 1 aromatic carbocycles. The average Bonchev–Trinajstić information content (AvgIpc) is 2.77. The SMILES string of the molecule is Nc1cc2c(c(-c3cccnc3)c1)OCC2. The zero-order chi connectivity index (χ0) is 11.0. The Labute approximate surface area is 93.9 Å². The van der Waals surface area contributed by atoms with Crippen LogP contribution in [0.15, 0.2) is 36.7 Å². The van der Waals surface area contributed by atoms with Gasteiger partial charge in [-0.1, -0.05) is 6.07 Å². The van der Waals surface area contributed by atoms with Gasteiger partial charge in [0.15, 0.2) is 0 Å². The Balaban J connectivity index is 2.21. The number of nitrogen functional groups attached to an aromatic ring is 1. The number of hydrogen-bond acceptors (Lipinski definition) is 3. The van der Waals surface area contributed by atoms with Crippen molar-refractivity contribution in [1.82, 2.24) is 4.98 Å². The van der Waals surface area contributed by atoms with Crippen molar-refractivity contribution < 1.29 is 4.74 Å². The van der Waals surface area contributed by atoms with Gasteiger partial charge >= 0.3 is 0 Å². The zero-order valence-corrected chi connectivity index (χ0v) is 8.81. The fourth-order valence-corrected chi connectivity index (χ4v) is 2.07. The summed E-state index contributed by atoms with van der Waals surface area (Å²) in [6.45, 7) is 0.742. The number of pyridine rings is 1. The van der Waals surface area contributed by atoms with Crippen LogP contribution in [0.5, 0.6) is 5.75 Å². The Kier molecular flexibility index (Phi) is 2.03. The summed E-state index contributed by atoms with van der Waals surface area (Å²) in [5.41, 5.74) is 9.96. The van der Waals surface area contributed by atoms with Gasteiger partial charge in [0, 0.05) is 41.2 Å². The van der Waals surface area contributed by atoms with Gasteiger partial charge in [0.2, 0.25) is 0 Å². The Morgan fingerprint density at radius 2 is 2.25 bits per heavy atom. The van der Waals surface area contributed by atoms with Gasteiger partial charge in [0.1, 0.15) is 5.75 Å². The number of ether oxygens (including phenoxy) is 1. The maximum Gasteiger partial charge on any atom is 0.130 e. The second-order valence-corrected chi connectivity index (χ2v) is 3.90. The van der Waals surface area contributed by atoms with E-state index in [1.807, 2.05) is 30.5 Å². The van der Waals surface area contributed by atoms with Gasteiger partial charge in [0.05, 0.1) is 6.61 Å². The van der Waals surface area contributed by atoms with Gasteiger partial charge in [0.25, 0.3) is 0 Å². The minimum Gasteiger partial charge on any atom is -0.492 e. The molecule has 0 saturated heterocycles. The van der Waals surface area contributed by atoms with Crippen molar-refractivity contribution >= 4 is 5.69 Å². The highest BCUT2D eigenvalue weighted by Crippen LogP contribution is 2.38. The first kappa shape index (κ1) is 9.21. The largest absolute Gasteiger partial charge is 0.492 e. The van der Waals surface area contributed by atoms with Crippen LogP contribution in [0.3, 0.4) is 0 Å². The maximum absolute atomic E-state index is 5.89. The molecule has 16 heavy (non-hydrogen) atoms. The monoisotopic (exact) mass is 212 g/mol. The van der Waals surface area contributed by atoms with Crippen LogP contribution >= 0.6 is 0 Å². The van der Waals surface area contributed by atoms with Crippen molar-refractivity contribution in [3.05, 3.63) is 42.2 Å². The first-order valence-electron chi connectivity index (χ1n) is 5.30. The molecular formula is C13H12N2O. The predicted octanol–water partition coefficient (Wildman–Crippen LogP) is 2.27. The topological polar surface area (TPSA) is 48.1 Å². The van der Waals surface area contributed by atoms with E-state index >= 15 is 0 Å². The molecule has 3 rings (SSSR count). The number of aromatic nitrogens is 1. The van der Waals surface area contributed by atoms with E-state index < -0.39 is 0 Å². The quantitative estimate of drug-likeness (QED) is 0.737. The lowest BCUT2D eigenvalue weighted by Gasteiger charge is -2.09. The Bertz CT molecular complexity index is 523. The zero-order valence-electron chi connectivity index (χ0n) is 8.81. The second-order valence-electron chi connectivity index (χ2n) is 3.90. The van der Waals surface area contributed by atoms with Crippen LogP contribution in [0.2, 0.25) is 0 Å². The molecule has 2 aromatic rings. The molecule has 0 atom stereocenters. The van der Waals surface area contributed by atoms with Crippen LogP contribution in [-0.4, -0.2) is 11.6 Å². The third kappa shape index (κ3) is 1.41. The highest BCUT2D eigenvalue weighted by Gasteiger charge is 2.18. The lowest BCUT2D eigenvalue weighted by Crippen LogP contribution is -1.91. The van der Waals surface area contributed by atoms with Crippen molar-refractivity contribution in [1.29, 1.82) is 0 Å². The van der Waals surface area contributed by atoms with Crippen LogP contribution in [-0.2, 0) is 6.42 Å². The lowest BCUT2D eigenvalue weighted by molar-refractivity contribution is 0.358. The van der Waals surface area contributed by atoms with Gasteiger partial charge in [-0.15, -0.1) is 0 Å². The molecule has 3 nitrogen and oxygen atoms in total. The van der Waals surface area contributed by atoms with E-state index in [1.54, 1.807) is 6.20 Å². The van der Waals surface area contributed by atoms with Gasteiger partial charge in [-0.2, -0.15) is 0 Å². The van der Waals surface area contributed by atoms with Crippen molar-refractivity contribution in [3.63, 3.8) is 0 Å². The van der Waals surface area contributed by atoms with Crippen molar-refractivity contribution in [2.24, 2.45) is 0 Å². The van der Waals surface area contributed by atoms with Gasteiger partial charge in [-0.3, -0.25) is 4.98 Å². The smallest absolute Gasteiger partial charge is 0.130 e. The molecule has 80 valence electrons. The number of nitrogens with zero attached hydrogens (tertiary/aromatic N) is 1. The summed E-state index contributed by atoms with van der Waals surface area (Å²) in [7, 11) is 0. The van der Waals surface area contributed by atoms with Crippen molar-refractivity contribution in [2.45, 2.75) is 6.42 Å². The van der Waals surface area contributed by atoms with Gasteiger partial charge in [-0.25, -0.2) is 0 Å². The summed E-state index contributed by atoms with van der Waals surface area (Å²) in [4.78, 5) is 4.12. The molecule has 1 aliphatic heterocycles. The summed E-state index contributed by atoms with van der Waals surface area (Å²) in [5.74, 6) is 0.960. The van der Waals surface area contributed by atoms with Crippen LogP contribution < -0.4 is 10.5 Å². The predicted molar refractivity (Wildman–Crippen MR) is 63.3 cm³/mol. The second kappa shape index (κ2) is 3.52. The molecule has 0 saturated carbocycles. The van der Waals surface area contributed by atoms with E-state index in [0.717, 1.165) is 35.6 Å². The van der Waals surface area contributed by atoms with E-state index in [4.69, 9.17) is 10.5 Å².